The van der Waals surface area contributed by atoms with E-state index in [0.717, 1.165) is 5.56 Å². The van der Waals surface area contributed by atoms with Crippen LogP contribution in [-0.4, -0.2) is 23.5 Å². The summed E-state index contributed by atoms with van der Waals surface area (Å²) in [6.45, 7) is 0.861. The van der Waals surface area contributed by atoms with Gasteiger partial charge in [0, 0.05) is 10.6 Å². The highest BCUT2D eigenvalue weighted by Gasteiger charge is 2.08. The van der Waals surface area contributed by atoms with Crippen molar-refractivity contribution in [2.75, 3.05) is 13.6 Å². The van der Waals surface area contributed by atoms with Gasteiger partial charge in [-0.15, -0.1) is 0 Å². The van der Waals surface area contributed by atoms with Crippen LogP contribution in [-0.2, 0) is 6.54 Å². The minimum Gasteiger partial charge on any atom is -0.439 e. The molecule has 2 aromatic rings. The van der Waals surface area contributed by atoms with Crippen LogP contribution >= 0.6 is 11.6 Å². The number of halogens is 1. The van der Waals surface area contributed by atoms with Crippen molar-refractivity contribution in [2.24, 2.45) is 0 Å². The molecule has 5 heteroatoms. The highest BCUT2D eigenvalue weighted by atomic mass is 35.5. The lowest BCUT2D eigenvalue weighted by molar-refractivity contribution is 0.320. The monoisotopic (exact) mass is 261 g/mol. The zero-order valence-electron chi connectivity index (χ0n) is 9.93. The van der Waals surface area contributed by atoms with E-state index in [1.807, 2.05) is 24.1 Å². The molecular formula is C13H12ClN3O. The first-order chi connectivity index (χ1) is 8.69. The second-order valence-electron chi connectivity index (χ2n) is 3.96. The highest BCUT2D eigenvalue weighted by Crippen LogP contribution is 2.22. The minimum absolute atomic E-state index is 0.346. The number of benzene rings is 1. The maximum atomic E-state index is 8.57. The normalized spacial score (nSPS) is 10.6. The van der Waals surface area contributed by atoms with Gasteiger partial charge in [-0.2, -0.15) is 5.26 Å². The molecule has 18 heavy (non-hydrogen) atoms. The molecule has 0 saturated carbocycles. The Balaban J connectivity index is 2.11. The van der Waals surface area contributed by atoms with Gasteiger partial charge in [0.2, 0.25) is 5.89 Å². The zero-order chi connectivity index (χ0) is 13.0. The zero-order valence-corrected chi connectivity index (χ0v) is 10.7. The van der Waals surface area contributed by atoms with Crippen LogP contribution in [0.5, 0.6) is 0 Å². The van der Waals surface area contributed by atoms with E-state index in [1.165, 1.54) is 0 Å². The third-order valence-electron chi connectivity index (χ3n) is 2.43. The summed E-state index contributed by atoms with van der Waals surface area (Å²) in [6.07, 6.45) is 1.68. The summed E-state index contributed by atoms with van der Waals surface area (Å²) < 4.78 is 5.62. The van der Waals surface area contributed by atoms with Crippen LogP contribution in [0.1, 0.15) is 5.89 Å². The molecule has 0 fully saturated rings. The molecule has 0 amide bonds. The summed E-state index contributed by atoms with van der Waals surface area (Å²) >= 11 is 5.82. The van der Waals surface area contributed by atoms with Gasteiger partial charge in [0.25, 0.3) is 0 Å². The number of rotatable bonds is 4. The molecule has 0 bridgehead atoms. The molecular weight excluding hydrogens is 250 g/mol. The lowest BCUT2D eigenvalue weighted by Gasteiger charge is -2.08. The van der Waals surface area contributed by atoms with Gasteiger partial charge < -0.3 is 4.42 Å². The molecule has 0 aliphatic carbocycles. The van der Waals surface area contributed by atoms with E-state index in [1.54, 1.807) is 18.3 Å². The van der Waals surface area contributed by atoms with E-state index < -0.39 is 0 Å². The average molecular weight is 262 g/mol. The number of nitriles is 1. The van der Waals surface area contributed by atoms with Crippen molar-refractivity contribution in [2.45, 2.75) is 6.54 Å². The van der Waals surface area contributed by atoms with Crippen molar-refractivity contribution >= 4 is 11.6 Å². The van der Waals surface area contributed by atoms with Crippen molar-refractivity contribution in [1.82, 2.24) is 9.88 Å². The first-order valence-corrected chi connectivity index (χ1v) is 5.83. The number of aromatic nitrogens is 1. The number of oxazole rings is 1. The smallest absolute Gasteiger partial charge is 0.209 e. The van der Waals surface area contributed by atoms with Crippen molar-refractivity contribution < 1.29 is 4.42 Å². The Kier molecular flexibility index (Phi) is 3.98. The molecule has 0 aliphatic heterocycles. The number of hydrogen-bond acceptors (Lipinski definition) is 4. The molecule has 0 spiro atoms. The summed E-state index contributed by atoms with van der Waals surface area (Å²) in [5.74, 6) is 1.30. The standard InChI is InChI=1S/C13H12ClN3O/c1-17(7-6-15)9-13-16-8-12(18-13)10-2-4-11(14)5-3-10/h2-5,8H,7,9H2,1H3. The van der Waals surface area contributed by atoms with Gasteiger partial charge in [0.1, 0.15) is 0 Å². The molecule has 0 radical (unpaired) electrons. The van der Waals surface area contributed by atoms with E-state index in [-0.39, 0.29) is 0 Å². The van der Waals surface area contributed by atoms with Crippen molar-refractivity contribution in [3.05, 3.63) is 41.4 Å². The summed E-state index contributed by atoms with van der Waals surface area (Å²) in [7, 11) is 1.84. The first kappa shape index (κ1) is 12.6. The fourth-order valence-corrected chi connectivity index (χ4v) is 1.66. The van der Waals surface area contributed by atoms with Crippen molar-refractivity contribution in [1.29, 1.82) is 5.26 Å². The van der Waals surface area contributed by atoms with Gasteiger partial charge in [-0.3, -0.25) is 4.90 Å². The lowest BCUT2D eigenvalue weighted by atomic mass is 10.2. The van der Waals surface area contributed by atoms with Gasteiger partial charge in [0.15, 0.2) is 5.76 Å². The van der Waals surface area contributed by atoms with Crippen LogP contribution < -0.4 is 0 Å². The maximum absolute atomic E-state index is 8.57. The highest BCUT2D eigenvalue weighted by molar-refractivity contribution is 6.30. The number of nitrogens with zero attached hydrogens (tertiary/aromatic N) is 3. The van der Waals surface area contributed by atoms with E-state index >= 15 is 0 Å². The van der Waals surface area contributed by atoms with Gasteiger partial charge in [-0.25, -0.2) is 4.98 Å². The van der Waals surface area contributed by atoms with Crippen LogP contribution in [0.4, 0.5) is 0 Å². The molecule has 1 heterocycles. The quantitative estimate of drug-likeness (QED) is 0.794. The van der Waals surface area contributed by atoms with Crippen LogP contribution in [0.3, 0.4) is 0 Å². The molecule has 0 atom stereocenters. The largest absolute Gasteiger partial charge is 0.439 e. The summed E-state index contributed by atoms with van der Waals surface area (Å²) in [6, 6.07) is 9.45. The van der Waals surface area contributed by atoms with Crippen LogP contribution in [0, 0.1) is 11.3 Å². The SMILES string of the molecule is CN(CC#N)Cc1ncc(-c2ccc(Cl)cc2)o1. The van der Waals surface area contributed by atoms with Gasteiger partial charge >= 0.3 is 0 Å². The Bertz CT molecular complexity index is 556. The lowest BCUT2D eigenvalue weighted by Crippen LogP contribution is -2.17. The minimum atomic E-state index is 0.346. The molecule has 1 aromatic heterocycles. The van der Waals surface area contributed by atoms with Gasteiger partial charge in [0.05, 0.1) is 25.4 Å². The molecule has 2 rings (SSSR count). The molecule has 92 valence electrons. The maximum Gasteiger partial charge on any atom is 0.209 e. The van der Waals surface area contributed by atoms with E-state index in [2.05, 4.69) is 11.1 Å². The second kappa shape index (κ2) is 5.67. The van der Waals surface area contributed by atoms with Gasteiger partial charge in [-0.05, 0) is 31.3 Å². The average Bonchev–Trinajstić information content (AvgIpc) is 2.78. The second-order valence-corrected chi connectivity index (χ2v) is 4.39. The van der Waals surface area contributed by atoms with E-state index in [0.29, 0.717) is 29.8 Å². The fraction of sp³-hybridized carbons (Fsp3) is 0.231. The Morgan fingerprint density at radius 3 is 2.78 bits per heavy atom. The summed E-state index contributed by atoms with van der Waals surface area (Å²) in [5.41, 5.74) is 0.932. The molecule has 0 unspecified atom stereocenters. The first-order valence-electron chi connectivity index (χ1n) is 5.45. The van der Waals surface area contributed by atoms with Crippen LogP contribution in [0.15, 0.2) is 34.9 Å². The topological polar surface area (TPSA) is 53.1 Å². The van der Waals surface area contributed by atoms with Gasteiger partial charge in [-0.1, -0.05) is 11.6 Å². The van der Waals surface area contributed by atoms with E-state index in [9.17, 15) is 0 Å². The molecule has 0 N–H and O–H groups in total. The van der Waals surface area contributed by atoms with Crippen LogP contribution in [0.2, 0.25) is 5.02 Å². The Morgan fingerprint density at radius 1 is 1.39 bits per heavy atom. The Labute approximate surface area is 110 Å². The molecule has 0 saturated heterocycles. The molecule has 4 nitrogen and oxygen atoms in total. The Morgan fingerprint density at radius 2 is 2.11 bits per heavy atom. The van der Waals surface area contributed by atoms with E-state index in [4.69, 9.17) is 21.3 Å². The van der Waals surface area contributed by atoms with Crippen LogP contribution in [0.25, 0.3) is 11.3 Å². The fourth-order valence-electron chi connectivity index (χ4n) is 1.54. The summed E-state index contributed by atoms with van der Waals surface area (Å²) in [4.78, 5) is 6.02. The Hall–Kier alpha value is -1.83. The van der Waals surface area contributed by atoms with Crippen molar-refractivity contribution in [3.63, 3.8) is 0 Å². The van der Waals surface area contributed by atoms with Crippen molar-refractivity contribution in [3.8, 4) is 17.4 Å². The summed E-state index contributed by atoms with van der Waals surface area (Å²) in [5, 5.41) is 9.26. The third-order valence-corrected chi connectivity index (χ3v) is 2.68. The third kappa shape index (κ3) is 3.10. The predicted molar refractivity (Wildman–Crippen MR) is 68.9 cm³/mol. The number of hydrogen-bond donors (Lipinski definition) is 0. The predicted octanol–water partition coefficient (Wildman–Crippen LogP) is 2.95. The molecule has 0 aliphatic rings. The molecule has 1 aromatic carbocycles.